The number of nitrogens with zero attached hydrogens (tertiary/aromatic N) is 2. The Bertz CT molecular complexity index is 466. The maximum absolute atomic E-state index is 12.9. The zero-order valence-electron chi connectivity index (χ0n) is 10.2. The highest BCUT2D eigenvalue weighted by atomic mass is 19.4. The van der Waals surface area contributed by atoms with Gasteiger partial charge < -0.3 is 11.1 Å². The number of nitrogen functional groups attached to an aromatic ring is 1. The third-order valence-corrected chi connectivity index (χ3v) is 3.20. The number of hydrogen-bond acceptors (Lipinski definition) is 4. The second-order valence-corrected chi connectivity index (χ2v) is 4.56. The molecule has 1 aromatic heterocycles. The average Bonchev–Trinajstić information content (AvgIpc) is 3.04. The van der Waals surface area contributed by atoms with Gasteiger partial charge in [-0.2, -0.15) is 13.2 Å². The van der Waals surface area contributed by atoms with Crippen LogP contribution in [0.1, 0.15) is 31.2 Å². The van der Waals surface area contributed by atoms with E-state index in [4.69, 9.17) is 5.73 Å². The number of anilines is 2. The average molecular weight is 260 g/mol. The summed E-state index contributed by atoms with van der Waals surface area (Å²) in [7, 11) is 0. The molecule has 2 rings (SSSR count). The third kappa shape index (κ3) is 2.09. The molecule has 1 fully saturated rings. The molecule has 0 aliphatic heterocycles. The summed E-state index contributed by atoms with van der Waals surface area (Å²) in [5, 5.41) is 2.50. The Morgan fingerprint density at radius 1 is 1.33 bits per heavy atom. The van der Waals surface area contributed by atoms with Gasteiger partial charge >= 0.3 is 6.18 Å². The van der Waals surface area contributed by atoms with Crippen LogP contribution < -0.4 is 11.1 Å². The Morgan fingerprint density at radius 2 is 1.94 bits per heavy atom. The van der Waals surface area contributed by atoms with E-state index in [2.05, 4.69) is 15.3 Å². The van der Waals surface area contributed by atoms with Gasteiger partial charge in [-0.25, -0.2) is 9.97 Å². The minimum atomic E-state index is -4.27. The standard InChI is InChI=1S/C11H15F3N4/c1-3-7-16-8(15)6(2)9(17-7)18-10(4-5-10)11(12,13)14/h3-5H2,1-2H3,(H3,15,16,17,18). The van der Waals surface area contributed by atoms with Crippen LogP contribution in [0.4, 0.5) is 24.8 Å². The van der Waals surface area contributed by atoms with E-state index < -0.39 is 11.7 Å². The highest BCUT2D eigenvalue weighted by Crippen LogP contribution is 2.51. The highest BCUT2D eigenvalue weighted by Gasteiger charge is 2.63. The SMILES string of the molecule is CCc1nc(N)c(C)c(NC2(C(F)(F)F)CC2)n1. The Balaban J connectivity index is 2.32. The Kier molecular flexibility index (Phi) is 2.87. The normalized spacial score (nSPS) is 17.6. The van der Waals surface area contributed by atoms with Gasteiger partial charge in [0.1, 0.15) is 23.0 Å². The minimum Gasteiger partial charge on any atom is -0.383 e. The number of nitrogens with two attached hydrogens (primary N) is 1. The summed E-state index contributed by atoms with van der Waals surface area (Å²) >= 11 is 0. The van der Waals surface area contributed by atoms with E-state index in [-0.39, 0.29) is 24.5 Å². The van der Waals surface area contributed by atoms with Crippen LogP contribution in [0.25, 0.3) is 0 Å². The lowest BCUT2D eigenvalue weighted by Crippen LogP contribution is -2.39. The van der Waals surface area contributed by atoms with Crippen molar-refractivity contribution in [1.82, 2.24) is 9.97 Å². The first-order chi connectivity index (χ1) is 8.29. The lowest BCUT2D eigenvalue weighted by molar-refractivity contribution is -0.151. The van der Waals surface area contributed by atoms with Crippen molar-refractivity contribution in [2.75, 3.05) is 11.1 Å². The van der Waals surface area contributed by atoms with E-state index >= 15 is 0 Å². The molecule has 100 valence electrons. The van der Waals surface area contributed by atoms with Crippen LogP contribution in [0.15, 0.2) is 0 Å². The molecule has 0 aromatic carbocycles. The fourth-order valence-corrected chi connectivity index (χ4v) is 1.69. The Hall–Kier alpha value is -1.53. The van der Waals surface area contributed by atoms with Crippen LogP contribution in [0.5, 0.6) is 0 Å². The van der Waals surface area contributed by atoms with Crippen molar-refractivity contribution in [2.45, 2.75) is 44.8 Å². The van der Waals surface area contributed by atoms with Crippen LogP contribution in [-0.2, 0) is 6.42 Å². The Labute approximate surface area is 103 Å². The molecule has 18 heavy (non-hydrogen) atoms. The first kappa shape index (κ1) is 12.9. The molecule has 1 aliphatic carbocycles. The summed E-state index contributed by atoms with van der Waals surface area (Å²) < 4.78 is 38.6. The van der Waals surface area contributed by atoms with Gasteiger partial charge in [0, 0.05) is 12.0 Å². The van der Waals surface area contributed by atoms with Gasteiger partial charge in [0.15, 0.2) is 0 Å². The van der Waals surface area contributed by atoms with Crippen molar-refractivity contribution in [3.05, 3.63) is 11.4 Å². The van der Waals surface area contributed by atoms with Gasteiger partial charge in [-0.3, -0.25) is 0 Å². The number of hydrogen-bond donors (Lipinski definition) is 2. The molecule has 0 radical (unpaired) electrons. The summed E-state index contributed by atoms with van der Waals surface area (Å²) in [6.45, 7) is 3.44. The van der Waals surface area contributed by atoms with Crippen molar-refractivity contribution in [1.29, 1.82) is 0 Å². The maximum atomic E-state index is 12.9. The topological polar surface area (TPSA) is 63.8 Å². The van der Waals surface area contributed by atoms with Gasteiger partial charge in [0.25, 0.3) is 0 Å². The molecule has 4 nitrogen and oxygen atoms in total. The van der Waals surface area contributed by atoms with Crippen molar-refractivity contribution in [3.63, 3.8) is 0 Å². The number of alkyl halides is 3. The fraction of sp³-hybridized carbons (Fsp3) is 0.636. The second-order valence-electron chi connectivity index (χ2n) is 4.56. The van der Waals surface area contributed by atoms with Crippen LogP contribution in [-0.4, -0.2) is 21.7 Å². The third-order valence-electron chi connectivity index (χ3n) is 3.20. The van der Waals surface area contributed by atoms with Crippen molar-refractivity contribution in [2.24, 2.45) is 0 Å². The van der Waals surface area contributed by atoms with Gasteiger partial charge in [-0.1, -0.05) is 6.92 Å². The summed E-state index contributed by atoms with van der Waals surface area (Å²) in [5.74, 6) is 0.857. The van der Waals surface area contributed by atoms with E-state index in [1.165, 1.54) is 0 Å². The molecule has 0 unspecified atom stereocenters. The lowest BCUT2D eigenvalue weighted by Gasteiger charge is -2.22. The first-order valence-electron chi connectivity index (χ1n) is 5.77. The number of rotatable bonds is 3. The lowest BCUT2D eigenvalue weighted by atomic mass is 10.2. The first-order valence-corrected chi connectivity index (χ1v) is 5.77. The number of halogens is 3. The smallest absolute Gasteiger partial charge is 0.383 e. The van der Waals surface area contributed by atoms with E-state index in [0.29, 0.717) is 17.8 Å². The second kappa shape index (κ2) is 4.00. The summed E-state index contributed by atoms with van der Waals surface area (Å²) in [6, 6.07) is 0. The van der Waals surface area contributed by atoms with Gasteiger partial charge in [-0.05, 0) is 19.8 Å². The molecule has 0 saturated heterocycles. The van der Waals surface area contributed by atoms with Gasteiger partial charge in [0.05, 0.1) is 0 Å². The molecule has 0 atom stereocenters. The maximum Gasteiger partial charge on any atom is 0.411 e. The van der Waals surface area contributed by atoms with E-state index in [9.17, 15) is 13.2 Å². The number of nitrogens with one attached hydrogen (secondary N) is 1. The summed E-state index contributed by atoms with van der Waals surface area (Å²) in [6.07, 6.45) is -3.60. The molecule has 0 bridgehead atoms. The zero-order chi connectivity index (χ0) is 13.6. The van der Waals surface area contributed by atoms with Gasteiger partial charge in [-0.15, -0.1) is 0 Å². The molecule has 0 amide bonds. The predicted molar refractivity (Wildman–Crippen MR) is 62.2 cm³/mol. The monoisotopic (exact) mass is 260 g/mol. The van der Waals surface area contributed by atoms with Crippen molar-refractivity contribution >= 4 is 11.6 Å². The van der Waals surface area contributed by atoms with E-state index in [0.717, 1.165) is 0 Å². The number of aryl methyl sites for hydroxylation is 1. The van der Waals surface area contributed by atoms with Crippen LogP contribution in [0, 0.1) is 6.92 Å². The zero-order valence-corrected chi connectivity index (χ0v) is 10.2. The molecule has 3 N–H and O–H groups in total. The highest BCUT2D eigenvalue weighted by molar-refractivity contribution is 5.57. The predicted octanol–water partition coefficient (Wildman–Crippen LogP) is 2.44. The molecular weight excluding hydrogens is 245 g/mol. The molecule has 7 heteroatoms. The molecule has 1 aromatic rings. The van der Waals surface area contributed by atoms with Crippen molar-refractivity contribution in [3.8, 4) is 0 Å². The van der Waals surface area contributed by atoms with E-state index in [1.807, 2.05) is 6.92 Å². The van der Waals surface area contributed by atoms with Crippen LogP contribution in [0.2, 0.25) is 0 Å². The van der Waals surface area contributed by atoms with Gasteiger partial charge in [0.2, 0.25) is 0 Å². The van der Waals surface area contributed by atoms with Crippen LogP contribution in [0.3, 0.4) is 0 Å². The van der Waals surface area contributed by atoms with E-state index in [1.54, 1.807) is 6.92 Å². The summed E-state index contributed by atoms with van der Waals surface area (Å²) in [4.78, 5) is 8.10. The Morgan fingerprint density at radius 3 is 2.39 bits per heavy atom. The molecular formula is C11H15F3N4. The molecule has 1 saturated carbocycles. The minimum absolute atomic E-state index is 0.0707. The quantitative estimate of drug-likeness (QED) is 0.876. The fourth-order valence-electron chi connectivity index (χ4n) is 1.69. The van der Waals surface area contributed by atoms with Crippen molar-refractivity contribution < 1.29 is 13.2 Å². The number of aromatic nitrogens is 2. The largest absolute Gasteiger partial charge is 0.411 e. The molecule has 0 spiro atoms. The molecule has 1 heterocycles. The molecule has 1 aliphatic rings. The summed E-state index contributed by atoms with van der Waals surface area (Å²) in [5.41, 5.74) is 4.30. The van der Waals surface area contributed by atoms with Crippen LogP contribution >= 0.6 is 0 Å².